The zero-order valence-electron chi connectivity index (χ0n) is 6.47. The second kappa shape index (κ2) is 2.73. The highest BCUT2D eigenvalue weighted by molar-refractivity contribution is 5.87. The summed E-state index contributed by atoms with van der Waals surface area (Å²) in [4.78, 5) is 4.57. The van der Waals surface area contributed by atoms with Crippen LogP contribution in [0.3, 0.4) is 0 Å². The number of hydrogen-bond donors (Lipinski definition) is 0. The van der Waals surface area contributed by atoms with Gasteiger partial charge in [0, 0.05) is 12.3 Å². The van der Waals surface area contributed by atoms with Crippen molar-refractivity contribution in [1.82, 2.24) is 0 Å². The van der Waals surface area contributed by atoms with Crippen LogP contribution >= 0.6 is 0 Å². The Hall–Kier alpha value is -0.330. The van der Waals surface area contributed by atoms with Crippen molar-refractivity contribution in [2.24, 2.45) is 10.9 Å². The Morgan fingerprint density at radius 1 is 1.10 bits per heavy atom. The van der Waals surface area contributed by atoms with Gasteiger partial charge in [0.15, 0.2) is 0 Å². The van der Waals surface area contributed by atoms with E-state index in [1.165, 1.54) is 38.5 Å². The summed E-state index contributed by atoms with van der Waals surface area (Å²) in [6, 6.07) is 0. The molecule has 1 aliphatic carbocycles. The zero-order chi connectivity index (χ0) is 6.81. The molecular formula is C9H15N. The second-order valence-electron chi connectivity index (χ2n) is 3.46. The molecule has 56 valence electrons. The molecule has 0 saturated heterocycles. The highest BCUT2D eigenvalue weighted by Gasteiger charge is 2.21. The van der Waals surface area contributed by atoms with Crippen LogP contribution in [0.1, 0.15) is 38.5 Å². The average Bonchev–Trinajstić information content (AvgIpc) is 2.05. The summed E-state index contributed by atoms with van der Waals surface area (Å²) in [6.07, 6.45) is 8.36. The summed E-state index contributed by atoms with van der Waals surface area (Å²) < 4.78 is 0. The third-order valence-corrected chi connectivity index (χ3v) is 2.73. The maximum absolute atomic E-state index is 4.57. The molecule has 1 heterocycles. The quantitative estimate of drug-likeness (QED) is 0.486. The maximum atomic E-state index is 4.57. The van der Waals surface area contributed by atoms with Crippen molar-refractivity contribution in [3.8, 4) is 0 Å². The number of hydrogen-bond acceptors (Lipinski definition) is 1. The van der Waals surface area contributed by atoms with Crippen molar-refractivity contribution >= 4 is 5.71 Å². The van der Waals surface area contributed by atoms with E-state index in [4.69, 9.17) is 0 Å². The molecule has 1 nitrogen and oxygen atoms in total. The van der Waals surface area contributed by atoms with Gasteiger partial charge in [-0.3, -0.25) is 4.99 Å². The highest BCUT2D eigenvalue weighted by Crippen LogP contribution is 2.28. The third-order valence-electron chi connectivity index (χ3n) is 2.73. The Balaban J connectivity index is 2.08. The topological polar surface area (TPSA) is 12.4 Å². The molecule has 0 radical (unpaired) electrons. The van der Waals surface area contributed by atoms with Crippen molar-refractivity contribution in [3.05, 3.63) is 0 Å². The molecule has 1 aliphatic heterocycles. The lowest BCUT2D eigenvalue weighted by Gasteiger charge is -2.27. The van der Waals surface area contributed by atoms with E-state index in [9.17, 15) is 0 Å². The van der Waals surface area contributed by atoms with Gasteiger partial charge in [-0.2, -0.15) is 0 Å². The van der Waals surface area contributed by atoms with Crippen molar-refractivity contribution in [1.29, 1.82) is 0 Å². The normalized spacial score (nSPS) is 32.8. The standard InChI is InChI=1S/C9H15N/c1-2-6-9-8(4-1)5-3-7-10-9/h8H,1-7H2. The molecule has 2 rings (SSSR count). The third kappa shape index (κ3) is 1.09. The average molecular weight is 137 g/mol. The lowest BCUT2D eigenvalue weighted by atomic mass is 9.83. The number of nitrogens with zero attached hydrogens (tertiary/aromatic N) is 1. The first-order valence-corrected chi connectivity index (χ1v) is 4.50. The van der Waals surface area contributed by atoms with Crippen LogP contribution < -0.4 is 0 Å². The second-order valence-corrected chi connectivity index (χ2v) is 3.46. The highest BCUT2D eigenvalue weighted by atomic mass is 14.8. The van der Waals surface area contributed by atoms with Crippen LogP contribution in [-0.4, -0.2) is 12.3 Å². The van der Waals surface area contributed by atoms with Gasteiger partial charge in [-0.15, -0.1) is 0 Å². The molecule has 0 bridgehead atoms. The minimum atomic E-state index is 0.905. The monoisotopic (exact) mass is 137 g/mol. The van der Waals surface area contributed by atoms with Crippen molar-refractivity contribution in [2.75, 3.05) is 6.54 Å². The summed E-state index contributed by atoms with van der Waals surface area (Å²) in [5, 5.41) is 0. The summed E-state index contributed by atoms with van der Waals surface area (Å²) >= 11 is 0. The van der Waals surface area contributed by atoms with Gasteiger partial charge in [-0.1, -0.05) is 6.42 Å². The molecule has 1 saturated carbocycles. The van der Waals surface area contributed by atoms with Gasteiger partial charge in [0.05, 0.1) is 0 Å². The predicted octanol–water partition coefficient (Wildman–Crippen LogP) is 2.41. The van der Waals surface area contributed by atoms with E-state index >= 15 is 0 Å². The summed E-state index contributed by atoms with van der Waals surface area (Å²) in [6.45, 7) is 1.12. The SMILES string of the molecule is C1CCC2CCCN=C2C1. The van der Waals surface area contributed by atoms with E-state index in [1.807, 2.05) is 0 Å². The predicted molar refractivity (Wildman–Crippen MR) is 43.5 cm³/mol. The number of rotatable bonds is 0. The molecule has 0 amide bonds. The lowest BCUT2D eigenvalue weighted by molar-refractivity contribution is 0.466. The van der Waals surface area contributed by atoms with Gasteiger partial charge in [-0.05, 0) is 38.0 Å². The molecule has 10 heavy (non-hydrogen) atoms. The Morgan fingerprint density at radius 2 is 2.00 bits per heavy atom. The fraction of sp³-hybridized carbons (Fsp3) is 0.889. The van der Waals surface area contributed by atoms with E-state index in [2.05, 4.69) is 4.99 Å². The molecule has 2 aliphatic rings. The molecule has 0 aromatic rings. The first kappa shape index (κ1) is 6.38. The number of aliphatic imine (C=N–C) groups is 1. The minimum Gasteiger partial charge on any atom is -0.294 e. The van der Waals surface area contributed by atoms with Crippen LogP contribution in [0, 0.1) is 5.92 Å². The van der Waals surface area contributed by atoms with Crippen LogP contribution in [0.5, 0.6) is 0 Å². The molecule has 0 N–H and O–H groups in total. The molecule has 1 atom stereocenters. The molecule has 1 heteroatoms. The van der Waals surface area contributed by atoms with Crippen LogP contribution in [0.15, 0.2) is 4.99 Å². The summed E-state index contributed by atoms with van der Waals surface area (Å²) in [5.74, 6) is 0.905. The Bertz CT molecular complexity index is 149. The molecule has 0 aromatic heterocycles. The van der Waals surface area contributed by atoms with Gasteiger partial charge < -0.3 is 0 Å². The number of fused-ring (bicyclic) bond motifs is 1. The zero-order valence-corrected chi connectivity index (χ0v) is 6.47. The Labute approximate surface area is 62.5 Å². The van der Waals surface area contributed by atoms with Gasteiger partial charge in [0.2, 0.25) is 0 Å². The smallest absolute Gasteiger partial charge is 0.0389 e. The largest absolute Gasteiger partial charge is 0.294 e. The van der Waals surface area contributed by atoms with Crippen LogP contribution in [0.2, 0.25) is 0 Å². The Kier molecular flexibility index (Phi) is 1.74. The van der Waals surface area contributed by atoms with Crippen LogP contribution in [-0.2, 0) is 0 Å². The van der Waals surface area contributed by atoms with Gasteiger partial charge in [0.1, 0.15) is 0 Å². The lowest BCUT2D eigenvalue weighted by Crippen LogP contribution is -2.23. The molecule has 0 aromatic carbocycles. The maximum Gasteiger partial charge on any atom is 0.0389 e. The van der Waals surface area contributed by atoms with E-state index in [0.29, 0.717) is 0 Å². The summed E-state index contributed by atoms with van der Waals surface area (Å²) in [7, 11) is 0. The first-order chi connectivity index (χ1) is 4.97. The van der Waals surface area contributed by atoms with E-state index < -0.39 is 0 Å². The molecule has 0 spiro atoms. The van der Waals surface area contributed by atoms with E-state index in [0.717, 1.165) is 12.5 Å². The van der Waals surface area contributed by atoms with Crippen molar-refractivity contribution in [3.63, 3.8) is 0 Å². The molecule has 1 fully saturated rings. The van der Waals surface area contributed by atoms with E-state index in [1.54, 1.807) is 5.71 Å². The Morgan fingerprint density at radius 3 is 2.90 bits per heavy atom. The fourth-order valence-corrected chi connectivity index (χ4v) is 2.15. The fourth-order valence-electron chi connectivity index (χ4n) is 2.15. The minimum absolute atomic E-state index is 0.905. The molecule has 1 unspecified atom stereocenters. The van der Waals surface area contributed by atoms with Gasteiger partial charge in [0.25, 0.3) is 0 Å². The van der Waals surface area contributed by atoms with E-state index in [-0.39, 0.29) is 0 Å². The molecular weight excluding hydrogens is 122 g/mol. The van der Waals surface area contributed by atoms with Crippen LogP contribution in [0.25, 0.3) is 0 Å². The van der Waals surface area contributed by atoms with Crippen LogP contribution in [0.4, 0.5) is 0 Å². The van der Waals surface area contributed by atoms with Crippen molar-refractivity contribution in [2.45, 2.75) is 38.5 Å². The van der Waals surface area contributed by atoms with Crippen molar-refractivity contribution < 1.29 is 0 Å². The first-order valence-electron chi connectivity index (χ1n) is 4.50. The van der Waals surface area contributed by atoms with Gasteiger partial charge in [-0.25, -0.2) is 0 Å². The van der Waals surface area contributed by atoms with Gasteiger partial charge >= 0.3 is 0 Å². The summed E-state index contributed by atoms with van der Waals surface area (Å²) in [5.41, 5.74) is 1.55.